The zero-order valence-electron chi connectivity index (χ0n) is 13.3. The van der Waals surface area contributed by atoms with Crippen molar-refractivity contribution in [2.45, 2.75) is 25.8 Å². The Morgan fingerprint density at radius 1 is 1.04 bits per heavy atom. The molecule has 1 aliphatic carbocycles. The van der Waals surface area contributed by atoms with Crippen LogP contribution in [0.15, 0.2) is 36.4 Å². The first-order valence-electron chi connectivity index (χ1n) is 8.18. The van der Waals surface area contributed by atoms with E-state index in [1.54, 1.807) is 0 Å². The van der Waals surface area contributed by atoms with E-state index in [1.807, 2.05) is 30.3 Å². The predicted octanol–water partition coefficient (Wildman–Crippen LogP) is 2.60. The van der Waals surface area contributed by atoms with Gasteiger partial charge in [-0.1, -0.05) is 12.1 Å². The molecule has 0 spiro atoms. The van der Waals surface area contributed by atoms with Gasteiger partial charge in [-0.05, 0) is 60.2 Å². The lowest BCUT2D eigenvalue weighted by molar-refractivity contribution is -0.123. The first-order chi connectivity index (χ1) is 11.8. The van der Waals surface area contributed by atoms with Crippen molar-refractivity contribution >= 4 is 5.91 Å². The van der Waals surface area contributed by atoms with E-state index in [9.17, 15) is 4.79 Å². The Kier molecular flexibility index (Phi) is 3.99. The lowest BCUT2D eigenvalue weighted by atomic mass is 10.1. The average molecular weight is 325 g/mol. The molecule has 2 aliphatic rings. The number of carbonyl (C=O) groups excluding carboxylic acids is 1. The minimum absolute atomic E-state index is 0.0172. The molecular weight excluding hydrogens is 306 g/mol. The van der Waals surface area contributed by atoms with E-state index in [2.05, 4.69) is 11.4 Å². The number of fused-ring (bicyclic) bond motifs is 2. The number of nitrogens with one attached hydrogen (secondary N) is 1. The summed E-state index contributed by atoms with van der Waals surface area (Å²) in [6.45, 7) is 0.701. The van der Waals surface area contributed by atoms with Crippen LogP contribution in [0.2, 0.25) is 0 Å². The van der Waals surface area contributed by atoms with Crippen molar-refractivity contribution in [3.8, 4) is 17.2 Å². The van der Waals surface area contributed by atoms with Crippen LogP contribution in [0.1, 0.15) is 23.1 Å². The van der Waals surface area contributed by atoms with Gasteiger partial charge in [0.2, 0.25) is 6.79 Å². The normalized spacial score (nSPS) is 14.3. The van der Waals surface area contributed by atoms with Gasteiger partial charge in [0.25, 0.3) is 5.91 Å². The zero-order valence-corrected chi connectivity index (χ0v) is 13.3. The van der Waals surface area contributed by atoms with Crippen molar-refractivity contribution in [2.24, 2.45) is 0 Å². The summed E-state index contributed by atoms with van der Waals surface area (Å²) in [5, 5.41) is 2.85. The van der Waals surface area contributed by atoms with Gasteiger partial charge in [-0.15, -0.1) is 0 Å². The van der Waals surface area contributed by atoms with Crippen LogP contribution in [0.25, 0.3) is 0 Å². The van der Waals surface area contributed by atoms with E-state index in [4.69, 9.17) is 14.2 Å². The summed E-state index contributed by atoms with van der Waals surface area (Å²) in [4.78, 5) is 12.0. The van der Waals surface area contributed by atoms with Crippen LogP contribution >= 0.6 is 0 Å². The summed E-state index contributed by atoms with van der Waals surface area (Å²) in [6, 6.07) is 11.7. The standard InChI is InChI=1S/C19H19NO4/c21-19(11-22-16-6-5-14-2-1-3-15(14)9-16)20-10-13-4-7-17-18(8-13)24-12-23-17/h4-9H,1-3,10-12H2,(H,20,21). The van der Waals surface area contributed by atoms with Gasteiger partial charge < -0.3 is 19.5 Å². The quantitative estimate of drug-likeness (QED) is 0.918. The molecule has 1 aliphatic heterocycles. The summed E-state index contributed by atoms with van der Waals surface area (Å²) >= 11 is 0. The van der Waals surface area contributed by atoms with Gasteiger partial charge in [0.15, 0.2) is 18.1 Å². The van der Waals surface area contributed by atoms with E-state index in [0.717, 1.165) is 35.7 Å². The third kappa shape index (κ3) is 3.15. The van der Waals surface area contributed by atoms with E-state index in [-0.39, 0.29) is 19.3 Å². The predicted molar refractivity (Wildman–Crippen MR) is 88.4 cm³/mol. The van der Waals surface area contributed by atoms with Gasteiger partial charge in [0.1, 0.15) is 5.75 Å². The first kappa shape index (κ1) is 14.9. The third-order valence-electron chi connectivity index (χ3n) is 4.37. The molecule has 5 heteroatoms. The third-order valence-corrected chi connectivity index (χ3v) is 4.37. The molecule has 1 amide bonds. The molecule has 124 valence electrons. The van der Waals surface area contributed by atoms with Crippen LogP contribution in [0.3, 0.4) is 0 Å². The molecule has 24 heavy (non-hydrogen) atoms. The Labute approximate surface area is 140 Å². The summed E-state index contributed by atoms with van der Waals surface area (Å²) < 4.78 is 16.2. The highest BCUT2D eigenvalue weighted by Crippen LogP contribution is 2.32. The maximum atomic E-state index is 12.0. The molecule has 0 fully saturated rings. The van der Waals surface area contributed by atoms with E-state index in [0.29, 0.717) is 6.54 Å². The van der Waals surface area contributed by atoms with Crippen LogP contribution in [-0.2, 0) is 24.2 Å². The average Bonchev–Trinajstić information content (AvgIpc) is 3.25. The van der Waals surface area contributed by atoms with Crippen LogP contribution in [0, 0.1) is 0 Å². The van der Waals surface area contributed by atoms with Gasteiger partial charge in [-0.2, -0.15) is 0 Å². The molecule has 1 N–H and O–H groups in total. The molecule has 0 saturated carbocycles. The lowest BCUT2D eigenvalue weighted by Crippen LogP contribution is -2.28. The van der Waals surface area contributed by atoms with Gasteiger partial charge in [0, 0.05) is 6.54 Å². The second kappa shape index (κ2) is 6.43. The Hall–Kier alpha value is -2.69. The minimum atomic E-state index is -0.145. The molecule has 0 radical (unpaired) electrons. The molecule has 2 aromatic rings. The van der Waals surface area contributed by atoms with Crippen molar-refractivity contribution in [2.75, 3.05) is 13.4 Å². The Morgan fingerprint density at radius 2 is 1.92 bits per heavy atom. The number of benzene rings is 2. The van der Waals surface area contributed by atoms with Crippen molar-refractivity contribution in [3.05, 3.63) is 53.1 Å². The highest BCUT2D eigenvalue weighted by Gasteiger charge is 2.14. The first-order valence-corrected chi connectivity index (χ1v) is 8.18. The van der Waals surface area contributed by atoms with Crippen molar-refractivity contribution in [3.63, 3.8) is 0 Å². The number of carbonyl (C=O) groups is 1. The molecule has 1 heterocycles. The molecule has 0 aromatic heterocycles. The number of hydrogen-bond donors (Lipinski definition) is 1. The smallest absolute Gasteiger partial charge is 0.258 e. The number of aryl methyl sites for hydroxylation is 2. The molecular formula is C19H19NO4. The fourth-order valence-electron chi connectivity index (χ4n) is 3.09. The second-order valence-corrected chi connectivity index (χ2v) is 6.04. The summed E-state index contributed by atoms with van der Waals surface area (Å²) in [7, 11) is 0. The van der Waals surface area contributed by atoms with Gasteiger partial charge in [-0.25, -0.2) is 0 Å². The van der Waals surface area contributed by atoms with Crippen molar-refractivity contribution in [1.29, 1.82) is 0 Å². The van der Waals surface area contributed by atoms with Gasteiger partial charge in [-0.3, -0.25) is 4.79 Å². The number of hydrogen-bond acceptors (Lipinski definition) is 4. The summed E-state index contributed by atoms with van der Waals surface area (Å²) in [6.07, 6.45) is 3.45. The Morgan fingerprint density at radius 3 is 2.88 bits per heavy atom. The van der Waals surface area contributed by atoms with Gasteiger partial charge >= 0.3 is 0 Å². The highest BCUT2D eigenvalue weighted by molar-refractivity contribution is 5.77. The zero-order chi connectivity index (χ0) is 16.4. The van der Waals surface area contributed by atoms with Crippen molar-refractivity contribution in [1.82, 2.24) is 5.32 Å². The maximum Gasteiger partial charge on any atom is 0.258 e. The van der Waals surface area contributed by atoms with E-state index in [1.165, 1.54) is 17.5 Å². The molecule has 5 nitrogen and oxygen atoms in total. The second-order valence-electron chi connectivity index (χ2n) is 6.04. The topological polar surface area (TPSA) is 56.8 Å². The molecule has 2 aromatic carbocycles. The molecule has 0 saturated heterocycles. The maximum absolute atomic E-state index is 12.0. The van der Waals surface area contributed by atoms with Gasteiger partial charge in [0.05, 0.1) is 0 Å². The molecule has 0 atom stereocenters. The Bertz CT molecular complexity index is 708. The summed E-state index contributed by atoms with van der Waals surface area (Å²) in [5.74, 6) is 2.07. The number of ether oxygens (including phenoxy) is 3. The molecule has 0 unspecified atom stereocenters. The Balaban J connectivity index is 1.28. The van der Waals surface area contributed by atoms with E-state index < -0.39 is 0 Å². The lowest BCUT2D eigenvalue weighted by Gasteiger charge is -2.09. The van der Waals surface area contributed by atoms with Crippen LogP contribution < -0.4 is 19.5 Å². The molecule has 4 rings (SSSR count). The highest BCUT2D eigenvalue weighted by atomic mass is 16.7. The number of rotatable bonds is 5. The van der Waals surface area contributed by atoms with Crippen LogP contribution in [0.4, 0.5) is 0 Å². The van der Waals surface area contributed by atoms with Crippen molar-refractivity contribution < 1.29 is 19.0 Å². The summed E-state index contributed by atoms with van der Waals surface area (Å²) in [5.41, 5.74) is 3.70. The SMILES string of the molecule is O=C(COc1ccc2c(c1)CCC2)NCc1ccc2c(c1)OCO2. The monoisotopic (exact) mass is 325 g/mol. The van der Waals surface area contributed by atoms with E-state index >= 15 is 0 Å². The van der Waals surface area contributed by atoms with Crippen LogP contribution in [0.5, 0.6) is 17.2 Å². The molecule has 0 bridgehead atoms. The fourth-order valence-corrected chi connectivity index (χ4v) is 3.09. The largest absolute Gasteiger partial charge is 0.484 e. The fraction of sp³-hybridized carbons (Fsp3) is 0.316. The van der Waals surface area contributed by atoms with Crippen LogP contribution in [-0.4, -0.2) is 19.3 Å². The minimum Gasteiger partial charge on any atom is -0.484 e. The number of amides is 1.